The van der Waals surface area contributed by atoms with Crippen LogP contribution in [0.1, 0.15) is 39.5 Å². The molecule has 0 amide bonds. The first-order chi connectivity index (χ1) is 6.15. The third kappa shape index (κ3) is 1.87. The molecule has 0 saturated heterocycles. The lowest BCUT2D eigenvalue weighted by Gasteiger charge is -2.12. The molecule has 2 aliphatic rings. The van der Waals surface area contributed by atoms with Crippen LogP contribution in [0, 0.1) is 17.8 Å². The fourth-order valence-corrected chi connectivity index (χ4v) is 3.19. The average molecular weight is 182 g/mol. The van der Waals surface area contributed by atoms with Crippen molar-refractivity contribution in [1.82, 2.24) is 0 Å². The number of ether oxygens (including phenoxy) is 1. The zero-order chi connectivity index (χ0) is 9.42. The maximum absolute atomic E-state index is 10.8. The van der Waals surface area contributed by atoms with Gasteiger partial charge in [-0.15, -0.1) is 0 Å². The minimum absolute atomic E-state index is 0.113. The SMILES string of the molecule is CC(=O)OC1CC2CC(C)CC2C1. The molecule has 0 aromatic heterocycles. The second kappa shape index (κ2) is 3.32. The lowest BCUT2D eigenvalue weighted by Crippen LogP contribution is -2.13. The van der Waals surface area contributed by atoms with Crippen molar-refractivity contribution >= 4 is 5.97 Å². The first kappa shape index (κ1) is 9.04. The maximum atomic E-state index is 10.8. The van der Waals surface area contributed by atoms with Crippen LogP contribution in [0.15, 0.2) is 0 Å². The van der Waals surface area contributed by atoms with Crippen molar-refractivity contribution in [2.45, 2.75) is 45.6 Å². The van der Waals surface area contributed by atoms with Crippen LogP contribution in [-0.4, -0.2) is 12.1 Å². The van der Waals surface area contributed by atoms with Crippen LogP contribution in [0.25, 0.3) is 0 Å². The Labute approximate surface area is 79.7 Å². The van der Waals surface area contributed by atoms with Crippen molar-refractivity contribution in [3.63, 3.8) is 0 Å². The van der Waals surface area contributed by atoms with Crippen molar-refractivity contribution in [1.29, 1.82) is 0 Å². The van der Waals surface area contributed by atoms with E-state index in [0.29, 0.717) is 0 Å². The molecular weight excluding hydrogens is 164 g/mol. The van der Waals surface area contributed by atoms with E-state index in [9.17, 15) is 4.79 Å². The molecule has 2 heteroatoms. The minimum atomic E-state index is -0.113. The molecule has 2 aliphatic carbocycles. The second-order valence-corrected chi connectivity index (χ2v) is 4.80. The maximum Gasteiger partial charge on any atom is 0.302 e. The highest BCUT2D eigenvalue weighted by Crippen LogP contribution is 2.47. The highest BCUT2D eigenvalue weighted by Gasteiger charge is 2.41. The van der Waals surface area contributed by atoms with Crippen LogP contribution in [0.3, 0.4) is 0 Å². The van der Waals surface area contributed by atoms with E-state index in [2.05, 4.69) is 6.92 Å². The predicted molar refractivity (Wildman–Crippen MR) is 50.2 cm³/mol. The monoisotopic (exact) mass is 182 g/mol. The highest BCUT2D eigenvalue weighted by atomic mass is 16.5. The van der Waals surface area contributed by atoms with E-state index >= 15 is 0 Å². The Morgan fingerprint density at radius 1 is 1.15 bits per heavy atom. The fourth-order valence-electron chi connectivity index (χ4n) is 3.19. The third-order valence-electron chi connectivity index (χ3n) is 3.54. The van der Waals surface area contributed by atoms with Gasteiger partial charge in [0.25, 0.3) is 0 Å². The molecule has 2 nitrogen and oxygen atoms in total. The Bertz CT molecular complexity index is 198. The molecule has 0 aliphatic heterocycles. The zero-order valence-corrected chi connectivity index (χ0v) is 8.45. The number of hydrogen-bond donors (Lipinski definition) is 0. The van der Waals surface area contributed by atoms with Gasteiger partial charge >= 0.3 is 5.97 Å². The van der Waals surface area contributed by atoms with E-state index in [-0.39, 0.29) is 12.1 Å². The van der Waals surface area contributed by atoms with Gasteiger partial charge < -0.3 is 4.74 Å². The van der Waals surface area contributed by atoms with Gasteiger partial charge in [-0.1, -0.05) is 6.92 Å². The summed E-state index contributed by atoms with van der Waals surface area (Å²) in [5, 5.41) is 0. The van der Waals surface area contributed by atoms with Gasteiger partial charge in [0.1, 0.15) is 6.10 Å². The van der Waals surface area contributed by atoms with E-state index in [1.165, 1.54) is 19.8 Å². The summed E-state index contributed by atoms with van der Waals surface area (Å²) in [5.74, 6) is 2.48. The van der Waals surface area contributed by atoms with Crippen molar-refractivity contribution in [2.75, 3.05) is 0 Å². The third-order valence-corrected chi connectivity index (χ3v) is 3.54. The van der Waals surface area contributed by atoms with E-state index < -0.39 is 0 Å². The summed E-state index contributed by atoms with van der Waals surface area (Å²) in [6.45, 7) is 3.84. The largest absolute Gasteiger partial charge is 0.463 e. The standard InChI is InChI=1S/C11H18O2/c1-7-3-9-5-11(13-8(2)12)6-10(9)4-7/h7,9-11H,3-6H2,1-2H3. The molecule has 0 heterocycles. The average Bonchev–Trinajstić information content (AvgIpc) is 2.41. The summed E-state index contributed by atoms with van der Waals surface area (Å²) in [7, 11) is 0. The molecule has 0 spiro atoms. The van der Waals surface area contributed by atoms with Crippen molar-refractivity contribution in [2.24, 2.45) is 17.8 Å². The number of carbonyl (C=O) groups excluding carboxylic acids is 1. The van der Waals surface area contributed by atoms with E-state index in [0.717, 1.165) is 30.6 Å². The van der Waals surface area contributed by atoms with Gasteiger partial charge in [0.05, 0.1) is 0 Å². The van der Waals surface area contributed by atoms with Gasteiger partial charge in [0.2, 0.25) is 0 Å². The molecule has 0 radical (unpaired) electrons. The van der Waals surface area contributed by atoms with Crippen LogP contribution < -0.4 is 0 Å². The van der Waals surface area contributed by atoms with Crippen molar-refractivity contribution < 1.29 is 9.53 Å². The summed E-state index contributed by atoms with van der Waals surface area (Å²) in [6.07, 6.45) is 5.17. The Morgan fingerprint density at radius 3 is 2.15 bits per heavy atom. The molecule has 2 atom stereocenters. The molecule has 2 rings (SSSR count). The molecule has 2 fully saturated rings. The Balaban J connectivity index is 1.86. The molecule has 0 N–H and O–H groups in total. The number of fused-ring (bicyclic) bond motifs is 1. The normalized spacial score (nSPS) is 43.2. The van der Waals surface area contributed by atoms with Gasteiger partial charge in [-0.25, -0.2) is 0 Å². The fraction of sp³-hybridized carbons (Fsp3) is 0.909. The van der Waals surface area contributed by atoms with Gasteiger partial charge in [-0.3, -0.25) is 4.79 Å². The lowest BCUT2D eigenvalue weighted by molar-refractivity contribution is -0.146. The number of carbonyl (C=O) groups is 1. The van der Waals surface area contributed by atoms with Gasteiger partial charge in [0, 0.05) is 6.92 Å². The number of esters is 1. The van der Waals surface area contributed by atoms with Gasteiger partial charge in [-0.2, -0.15) is 0 Å². The summed E-state index contributed by atoms with van der Waals surface area (Å²) < 4.78 is 5.24. The van der Waals surface area contributed by atoms with Crippen LogP contribution in [-0.2, 0) is 9.53 Å². The second-order valence-electron chi connectivity index (χ2n) is 4.80. The van der Waals surface area contributed by atoms with Crippen LogP contribution in [0.4, 0.5) is 0 Å². The molecule has 0 aromatic carbocycles. The molecule has 0 aromatic rings. The van der Waals surface area contributed by atoms with Crippen LogP contribution >= 0.6 is 0 Å². The van der Waals surface area contributed by atoms with Crippen LogP contribution in [0.5, 0.6) is 0 Å². The number of rotatable bonds is 1. The molecular formula is C11H18O2. The molecule has 74 valence electrons. The highest BCUT2D eigenvalue weighted by molar-refractivity contribution is 5.66. The van der Waals surface area contributed by atoms with Crippen LogP contribution in [0.2, 0.25) is 0 Å². The molecule has 0 bridgehead atoms. The van der Waals surface area contributed by atoms with Crippen molar-refractivity contribution in [3.8, 4) is 0 Å². The summed E-state index contributed by atoms with van der Waals surface area (Å²) >= 11 is 0. The lowest BCUT2D eigenvalue weighted by atomic mass is 10.0. The quantitative estimate of drug-likeness (QED) is 0.582. The Morgan fingerprint density at radius 2 is 1.69 bits per heavy atom. The summed E-state index contributed by atoms with van der Waals surface area (Å²) in [6, 6.07) is 0. The van der Waals surface area contributed by atoms with E-state index in [1.54, 1.807) is 0 Å². The Hall–Kier alpha value is -0.530. The van der Waals surface area contributed by atoms with Gasteiger partial charge in [-0.05, 0) is 43.4 Å². The first-order valence-electron chi connectivity index (χ1n) is 5.32. The number of hydrogen-bond acceptors (Lipinski definition) is 2. The van der Waals surface area contributed by atoms with Gasteiger partial charge in [0.15, 0.2) is 0 Å². The summed E-state index contributed by atoms with van der Waals surface area (Å²) in [5.41, 5.74) is 0. The molecule has 13 heavy (non-hydrogen) atoms. The van der Waals surface area contributed by atoms with E-state index in [1.807, 2.05) is 0 Å². The topological polar surface area (TPSA) is 26.3 Å². The zero-order valence-electron chi connectivity index (χ0n) is 8.45. The first-order valence-corrected chi connectivity index (χ1v) is 5.32. The minimum Gasteiger partial charge on any atom is -0.463 e. The Kier molecular flexibility index (Phi) is 2.31. The smallest absolute Gasteiger partial charge is 0.302 e. The van der Waals surface area contributed by atoms with Crippen molar-refractivity contribution in [3.05, 3.63) is 0 Å². The molecule has 2 saturated carbocycles. The molecule has 2 unspecified atom stereocenters. The van der Waals surface area contributed by atoms with E-state index in [4.69, 9.17) is 4.74 Å². The predicted octanol–water partition coefficient (Wildman–Crippen LogP) is 2.37. The summed E-state index contributed by atoms with van der Waals surface area (Å²) in [4.78, 5) is 10.8.